The van der Waals surface area contributed by atoms with E-state index in [0.29, 0.717) is 37.6 Å². The molecule has 1 aliphatic rings. The minimum Gasteiger partial charge on any atom is -0.381 e. The zero-order valence-corrected chi connectivity index (χ0v) is 17.0. The zero-order chi connectivity index (χ0) is 20.1. The summed E-state index contributed by atoms with van der Waals surface area (Å²) in [6.45, 7) is 1.47. The van der Waals surface area contributed by atoms with E-state index in [1.165, 1.54) is 12.1 Å². The molecule has 6 heteroatoms. The van der Waals surface area contributed by atoms with Crippen LogP contribution in [0.15, 0.2) is 48.5 Å². The SMILES string of the molecule is CN(C)[C@H](CNC(=O)C1(c2ccc(Cl)cc2)CCOCC1)c1cccc(F)c1. The van der Waals surface area contributed by atoms with Crippen molar-refractivity contribution in [2.24, 2.45) is 0 Å². The van der Waals surface area contributed by atoms with Crippen molar-refractivity contribution in [2.75, 3.05) is 33.9 Å². The minimum absolute atomic E-state index is 0.0265. The molecule has 0 unspecified atom stereocenters. The van der Waals surface area contributed by atoms with Crippen LogP contribution in [0.25, 0.3) is 0 Å². The van der Waals surface area contributed by atoms with Crippen LogP contribution in [-0.4, -0.2) is 44.7 Å². The fourth-order valence-electron chi connectivity index (χ4n) is 3.81. The third-order valence-corrected chi connectivity index (χ3v) is 5.74. The first-order chi connectivity index (χ1) is 13.4. The third kappa shape index (κ3) is 4.54. The lowest BCUT2D eigenvalue weighted by molar-refractivity contribution is -0.130. The molecule has 1 heterocycles. The van der Waals surface area contributed by atoms with Crippen molar-refractivity contribution in [2.45, 2.75) is 24.3 Å². The molecule has 0 radical (unpaired) electrons. The van der Waals surface area contributed by atoms with Crippen LogP contribution in [0.4, 0.5) is 4.39 Å². The average molecular weight is 405 g/mol. The summed E-state index contributed by atoms with van der Waals surface area (Å²) < 4.78 is 19.2. The molecule has 1 saturated heterocycles. The number of carbonyl (C=O) groups is 1. The highest BCUT2D eigenvalue weighted by molar-refractivity contribution is 6.30. The average Bonchev–Trinajstić information content (AvgIpc) is 2.69. The van der Waals surface area contributed by atoms with Crippen LogP contribution >= 0.6 is 11.6 Å². The van der Waals surface area contributed by atoms with Crippen molar-refractivity contribution in [3.63, 3.8) is 0 Å². The quantitative estimate of drug-likeness (QED) is 0.792. The lowest BCUT2D eigenvalue weighted by atomic mass is 9.73. The number of likely N-dealkylation sites (N-methyl/N-ethyl adjacent to an activating group) is 1. The highest BCUT2D eigenvalue weighted by Gasteiger charge is 2.41. The monoisotopic (exact) mass is 404 g/mol. The molecule has 0 saturated carbocycles. The summed E-state index contributed by atoms with van der Waals surface area (Å²) in [6, 6.07) is 13.9. The topological polar surface area (TPSA) is 41.6 Å². The lowest BCUT2D eigenvalue weighted by Crippen LogP contribution is -2.49. The molecule has 1 N–H and O–H groups in total. The number of nitrogens with zero attached hydrogens (tertiary/aromatic N) is 1. The van der Waals surface area contributed by atoms with Gasteiger partial charge in [0.05, 0.1) is 11.5 Å². The Kier molecular flexibility index (Phi) is 6.70. The van der Waals surface area contributed by atoms with Crippen LogP contribution in [0.3, 0.4) is 0 Å². The van der Waals surface area contributed by atoms with Crippen LogP contribution in [-0.2, 0) is 14.9 Å². The van der Waals surface area contributed by atoms with Crippen molar-refractivity contribution < 1.29 is 13.9 Å². The van der Waals surface area contributed by atoms with Crippen LogP contribution in [0.1, 0.15) is 30.0 Å². The Bertz CT molecular complexity index is 804. The molecule has 2 aromatic carbocycles. The maximum absolute atomic E-state index is 13.7. The van der Waals surface area contributed by atoms with E-state index in [1.54, 1.807) is 6.07 Å². The van der Waals surface area contributed by atoms with Gasteiger partial charge in [0, 0.05) is 24.8 Å². The van der Waals surface area contributed by atoms with Gasteiger partial charge in [-0.25, -0.2) is 4.39 Å². The Balaban J connectivity index is 1.80. The van der Waals surface area contributed by atoms with Crippen molar-refractivity contribution in [3.05, 3.63) is 70.5 Å². The number of rotatable bonds is 6. The van der Waals surface area contributed by atoms with Gasteiger partial charge in [0.2, 0.25) is 5.91 Å². The summed E-state index contributed by atoms with van der Waals surface area (Å²) in [6.07, 6.45) is 1.24. The van der Waals surface area contributed by atoms with Crippen molar-refractivity contribution in [1.82, 2.24) is 10.2 Å². The second-order valence-corrected chi connectivity index (χ2v) is 7.88. The zero-order valence-electron chi connectivity index (χ0n) is 16.3. The highest BCUT2D eigenvalue weighted by Crippen LogP contribution is 2.36. The van der Waals surface area contributed by atoms with Gasteiger partial charge < -0.3 is 15.0 Å². The van der Waals surface area contributed by atoms with Crippen LogP contribution in [0, 0.1) is 5.82 Å². The molecule has 1 atom stereocenters. The number of carbonyl (C=O) groups excluding carboxylic acids is 1. The molecule has 2 aromatic rings. The van der Waals surface area contributed by atoms with E-state index < -0.39 is 5.41 Å². The molecule has 28 heavy (non-hydrogen) atoms. The van der Waals surface area contributed by atoms with Crippen molar-refractivity contribution >= 4 is 17.5 Å². The summed E-state index contributed by atoms with van der Waals surface area (Å²) in [4.78, 5) is 15.3. The van der Waals surface area contributed by atoms with Gasteiger partial charge in [0.1, 0.15) is 5.82 Å². The van der Waals surface area contributed by atoms with Crippen LogP contribution < -0.4 is 5.32 Å². The van der Waals surface area contributed by atoms with Gasteiger partial charge >= 0.3 is 0 Å². The number of hydrogen-bond acceptors (Lipinski definition) is 3. The first kappa shape index (κ1) is 20.8. The molecule has 1 amide bonds. The molecule has 4 nitrogen and oxygen atoms in total. The number of hydrogen-bond donors (Lipinski definition) is 1. The Labute approximate surface area is 170 Å². The van der Waals surface area contributed by atoms with Gasteiger partial charge in [-0.3, -0.25) is 4.79 Å². The number of nitrogens with one attached hydrogen (secondary N) is 1. The number of amides is 1. The van der Waals surface area contributed by atoms with E-state index in [-0.39, 0.29) is 17.8 Å². The summed E-state index contributed by atoms with van der Waals surface area (Å²) in [5, 5.41) is 3.76. The molecule has 0 aliphatic carbocycles. The van der Waals surface area contributed by atoms with Gasteiger partial charge in [0.15, 0.2) is 0 Å². The standard InChI is InChI=1S/C22H26ClFN2O2/c1-26(2)20(16-4-3-5-19(24)14-16)15-25-21(27)22(10-12-28-13-11-22)17-6-8-18(23)9-7-17/h3-9,14,20H,10-13,15H2,1-2H3,(H,25,27)/t20-/m1/s1. The van der Waals surface area contributed by atoms with Gasteiger partial charge in [-0.05, 0) is 62.3 Å². The Morgan fingerprint density at radius 1 is 1.21 bits per heavy atom. The maximum atomic E-state index is 13.7. The van der Waals surface area contributed by atoms with E-state index in [0.717, 1.165) is 11.1 Å². The van der Waals surface area contributed by atoms with Gasteiger partial charge in [0.25, 0.3) is 0 Å². The summed E-state index contributed by atoms with van der Waals surface area (Å²) >= 11 is 6.03. The second-order valence-electron chi connectivity index (χ2n) is 7.45. The van der Waals surface area contributed by atoms with Crippen LogP contribution in [0.5, 0.6) is 0 Å². The smallest absolute Gasteiger partial charge is 0.230 e. The summed E-state index contributed by atoms with van der Waals surface area (Å²) in [7, 11) is 3.84. The molecule has 150 valence electrons. The minimum atomic E-state index is -0.637. The Hall–Kier alpha value is -1.95. The molecular formula is C22H26ClFN2O2. The van der Waals surface area contributed by atoms with E-state index in [9.17, 15) is 9.18 Å². The fourth-order valence-corrected chi connectivity index (χ4v) is 3.93. The maximum Gasteiger partial charge on any atom is 0.230 e. The molecule has 3 rings (SSSR count). The van der Waals surface area contributed by atoms with Crippen molar-refractivity contribution in [1.29, 1.82) is 0 Å². The first-order valence-corrected chi connectivity index (χ1v) is 9.84. The molecular weight excluding hydrogens is 379 g/mol. The predicted octanol–water partition coefficient (Wildman–Crippen LogP) is 3.95. The molecule has 0 spiro atoms. The van der Waals surface area contributed by atoms with Gasteiger partial charge in [-0.2, -0.15) is 0 Å². The van der Waals surface area contributed by atoms with Crippen molar-refractivity contribution in [3.8, 4) is 0 Å². The predicted molar refractivity (Wildman–Crippen MR) is 109 cm³/mol. The van der Waals surface area contributed by atoms with E-state index >= 15 is 0 Å². The van der Waals surface area contributed by atoms with Gasteiger partial charge in [-0.1, -0.05) is 35.9 Å². The van der Waals surface area contributed by atoms with Gasteiger partial charge in [-0.15, -0.1) is 0 Å². The number of ether oxygens (including phenoxy) is 1. The highest BCUT2D eigenvalue weighted by atomic mass is 35.5. The first-order valence-electron chi connectivity index (χ1n) is 9.46. The second kappa shape index (κ2) is 9.03. The normalized spacial score (nSPS) is 17.3. The van der Waals surface area contributed by atoms with E-state index in [4.69, 9.17) is 16.3 Å². The molecule has 1 aliphatic heterocycles. The van der Waals surface area contributed by atoms with Crippen LogP contribution in [0.2, 0.25) is 5.02 Å². The fraction of sp³-hybridized carbons (Fsp3) is 0.409. The van der Waals surface area contributed by atoms with E-state index in [2.05, 4.69) is 5.32 Å². The number of benzene rings is 2. The molecule has 1 fully saturated rings. The lowest BCUT2D eigenvalue weighted by Gasteiger charge is -2.37. The molecule has 0 aromatic heterocycles. The van der Waals surface area contributed by atoms with E-state index in [1.807, 2.05) is 49.3 Å². The summed E-state index contributed by atoms with van der Waals surface area (Å²) in [5.74, 6) is -0.306. The Morgan fingerprint density at radius 2 is 1.89 bits per heavy atom. The number of halogens is 2. The summed E-state index contributed by atoms with van der Waals surface area (Å²) in [5.41, 5.74) is 1.14. The largest absolute Gasteiger partial charge is 0.381 e. The third-order valence-electron chi connectivity index (χ3n) is 5.49. The molecule has 0 bridgehead atoms. The Morgan fingerprint density at radius 3 is 2.50 bits per heavy atom.